The third kappa shape index (κ3) is 1.51. The number of carbonyl (C=O) groups is 1. The molecule has 2 saturated carbocycles. The molecule has 20 heavy (non-hydrogen) atoms. The minimum Gasteiger partial charge on any atom is -0.393 e. The molecule has 3 nitrogen and oxygen atoms in total. The third-order valence-corrected chi connectivity index (χ3v) is 6.73. The van der Waals surface area contributed by atoms with Gasteiger partial charge in [0, 0.05) is 17.9 Å². The number of hydrogen-bond donors (Lipinski definition) is 1. The van der Waals surface area contributed by atoms with Gasteiger partial charge in [0.1, 0.15) is 0 Å². The number of allylic oxidation sites excluding steroid dienone is 2. The standard InChI is InChI=1S/C17H25NO2/c1-10-5-12-7-14(19)16-13-3-4-18(2)9-11(13)8-17(12,16)15(20)6-10/h6,11-14,16,19H,3-5,7-9H2,1-2H3/t11-,12+,13+,14+,16+,17-/m0/s1. The molecular formula is C17H25NO2. The molecule has 0 bridgehead atoms. The quantitative estimate of drug-likeness (QED) is 0.733. The van der Waals surface area contributed by atoms with Crippen molar-refractivity contribution in [3.8, 4) is 0 Å². The van der Waals surface area contributed by atoms with E-state index in [1.165, 1.54) is 5.57 Å². The van der Waals surface area contributed by atoms with Crippen LogP contribution in [0.1, 0.15) is 32.6 Å². The summed E-state index contributed by atoms with van der Waals surface area (Å²) in [5.74, 6) is 2.16. The summed E-state index contributed by atoms with van der Waals surface area (Å²) in [6.07, 6.45) is 5.70. The van der Waals surface area contributed by atoms with Gasteiger partial charge >= 0.3 is 0 Å². The number of likely N-dealkylation sites (tertiary alicyclic amines) is 1. The van der Waals surface area contributed by atoms with Crippen molar-refractivity contribution in [2.24, 2.45) is 29.1 Å². The second-order valence-electron chi connectivity index (χ2n) is 7.80. The maximum absolute atomic E-state index is 12.9. The van der Waals surface area contributed by atoms with Crippen LogP contribution in [0.15, 0.2) is 11.6 Å². The number of carbonyl (C=O) groups excluding carboxylic acids is 1. The molecule has 0 unspecified atom stereocenters. The zero-order valence-electron chi connectivity index (χ0n) is 12.5. The van der Waals surface area contributed by atoms with E-state index in [1.807, 2.05) is 6.08 Å². The topological polar surface area (TPSA) is 40.5 Å². The number of aliphatic hydroxyl groups excluding tert-OH is 1. The maximum atomic E-state index is 12.9. The van der Waals surface area contributed by atoms with E-state index in [-0.39, 0.29) is 17.4 Å². The van der Waals surface area contributed by atoms with E-state index in [1.54, 1.807) is 0 Å². The lowest BCUT2D eigenvalue weighted by Crippen LogP contribution is -2.42. The fourth-order valence-electron chi connectivity index (χ4n) is 6.13. The SMILES string of the molecule is CC1=CC(=O)[C@@]23C[C@H]4CN(C)CC[C@H]4[C@@H]2[C@H](O)C[C@H]3C1. The summed E-state index contributed by atoms with van der Waals surface area (Å²) in [5.41, 5.74) is 1.00. The number of fused-ring (bicyclic) bond motifs is 2. The van der Waals surface area contributed by atoms with E-state index in [4.69, 9.17) is 0 Å². The van der Waals surface area contributed by atoms with Gasteiger partial charge in [0.25, 0.3) is 0 Å². The Morgan fingerprint density at radius 1 is 1.45 bits per heavy atom. The second kappa shape index (κ2) is 4.17. The first-order valence-corrected chi connectivity index (χ1v) is 8.10. The Balaban J connectivity index is 1.76. The predicted molar refractivity (Wildman–Crippen MR) is 77.1 cm³/mol. The van der Waals surface area contributed by atoms with Gasteiger partial charge in [0.15, 0.2) is 5.78 Å². The Labute approximate surface area is 121 Å². The van der Waals surface area contributed by atoms with Gasteiger partial charge in [0.2, 0.25) is 0 Å². The largest absolute Gasteiger partial charge is 0.393 e. The predicted octanol–water partition coefficient (Wildman–Crippen LogP) is 1.86. The van der Waals surface area contributed by atoms with Crippen LogP contribution in [0.4, 0.5) is 0 Å². The summed E-state index contributed by atoms with van der Waals surface area (Å²) in [6, 6.07) is 0. The second-order valence-corrected chi connectivity index (χ2v) is 7.80. The average molecular weight is 275 g/mol. The van der Waals surface area contributed by atoms with Gasteiger partial charge in [0.05, 0.1) is 6.10 Å². The molecule has 3 fully saturated rings. The van der Waals surface area contributed by atoms with Crippen molar-refractivity contribution in [1.82, 2.24) is 4.90 Å². The van der Waals surface area contributed by atoms with Crippen molar-refractivity contribution in [3.63, 3.8) is 0 Å². The minimum absolute atomic E-state index is 0.209. The van der Waals surface area contributed by atoms with Crippen LogP contribution >= 0.6 is 0 Å². The molecule has 1 aliphatic heterocycles. The highest BCUT2D eigenvalue weighted by Gasteiger charge is 2.67. The van der Waals surface area contributed by atoms with E-state index in [0.717, 1.165) is 38.8 Å². The number of hydrogen-bond acceptors (Lipinski definition) is 3. The van der Waals surface area contributed by atoms with Crippen LogP contribution in [0.3, 0.4) is 0 Å². The molecule has 6 atom stereocenters. The molecule has 4 aliphatic rings. The van der Waals surface area contributed by atoms with Gasteiger partial charge in [-0.2, -0.15) is 0 Å². The summed E-state index contributed by atoms with van der Waals surface area (Å²) in [5, 5.41) is 10.6. The van der Waals surface area contributed by atoms with Crippen molar-refractivity contribution in [2.45, 2.75) is 38.7 Å². The Kier molecular flexibility index (Phi) is 2.72. The van der Waals surface area contributed by atoms with Crippen LogP contribution in [-0.4, -0.2) is 42.0 Å². The molecule has 3 aliphatic carbocycles. The monoisotopic (exact) mass is 275 g/mol. The zero-order chi connectivity index (χ0) is 14.1. The van der Waals surface area contributed by atoms with Crippen molar-refractivity contribution >= 4 is 5.78 Å². The molecule has 0 aromatic rings. The van der Waals surface area contributed by atoms with E-state index in [9.17, 15) is 9.90 Å². The molecule has 4 rings (SSSR count). The summed E-state index contributed by atoms with van der Waals surface area (Å²) in [6.45, 7) is 4.30. The third-order valence-electron chi connectivity index (χ3n) is 6.73. The molecule has 3 heteroatoms. The van der Waals surface area contributed by atoms with Crippen molar-refractivity contribution in [1.29, 1.82) is 0 Å². The molecule has 1 spiro atoms. The summed E-state index contributed by atoms with van der Waals surface area (Å²) >= 11 is 0. The highest BCUT2D eigenvalue weighted by molar-refractivity contribution is 5.97. The normalized spacial score (nSPS) is 51.5. The van der Waals surface area contributed by atoms with E-state index >= 15 is 0 Å². The van der Waals surface area contributed by atoms with Crippen LogP contribution in [0.25, 0.3) is 0 Å². The molecule has 0 amide bonds. The van der Waals surface area contributed by atoms with Gasteiger partial charge in [-0.25, -0.2) is 0 Å². The number of nitrogens with zero attached hydrogens (tertiary/aromatic N) is 1. The highest BCUT2D eigenvalue weighted by Crippen LogP contribution is 2.66. The van der Waals surface area contributed by atoms with Gasteiger partial charge in [-0.1, -0.05) is 5.57 Å². The van der Waals surface area contributed by atoms with Gasteiger partial charge < -0.3 is 10.0 Å². The first-order chi connectivity index (χ1) is 9.52. The summed E-state index contributed by atoms with van der Waals surface area (Å²) in [4.78, 5) is 15.3. The van der Waals surface area contributed by atoms with Gasteiger partial charge in [-0.3, -0.25) is 4.79 Å². The fraction of sp³-hybridized carbons (Fsp3) is 0.824. The van der Waals surface area contributed by atoms with E-state index in [0.29, 0.717) is 23.5 Å². The molecule has 1 heterocycles. The molecule has 1 N–H and O–H groups in total. The van der Waals surface area contributed by atoms with Crippen LogP contribution in [-0.2, 0) is 4.79 Å². The average Bonchev–Trinajstić information content (AvgIpc) is 2.83. The minimum atomic E-state index is -0.248. The van der Waals surface area contributed by atoms with Crippen LogP contribution in [0.5, 0.6) is 0 Å². The van der Waals surface area contributed by atoms with Crippen LogP contribution in [0, 0.1) is 29.1 Å². The van der Waals surface area contributed by atoms with Crippen molar-refractivity contribution in [3.05, 3.63) is 11.6 Å². The number of piperidine rings is 1. The molecule has 0 radical (unpaired) electrons. The molecule has 0 aromatic heterocycles. The van der Waals surface area contributed by atoms with Crippen LogP contribution in [0.2, 0.25) is 0 Å². The first-order valence-electron chi connectivity index (χ1n) is 8.10. The molecule has 1 saturated heterocycles. The van der Waals surface area contributed by atoms with Gasteiger partial charge in [-0.15, -0.1) is 0 Å². The lowest BCUT2D eigenvalue weighted by atomic mass is 9.64. The Hall–Kier alpha value is -0.670. The Bertz CT molecular complexity index is 485. The summed E-state index contributed by atoms with van der Waals surface area (Å²) in [7, 11) is 2.18. The Morgan fingerprint density at radius 2 is 2.25 bits per heavy atom. The van der Waals surface area contributed by atoms with E-state index in [2.05, 4.69) is 18.9 Å². The Morgan fingerprint density at radius 3 is 3.05 bits per heavy atom. The lowest BCUT2D eigenvalue weighted by Gasteiger charge is -2.38. The van der Waals surface area contributed by atoms with Crippen LogP contribution < -0.4 is 0 Å². The van der Waals surface area contributed by atoms with E-state index < -0.39 is 0 Å². The molecule has 110 valence electrons. The van der Waals surface area contributed by atoms with Gasteiger partial charge in [-0.05, 0) is 70.0 Å². The van der Waals surface area contributed by atoms with Crippen molar-refractivity contribution < 1.29 is 9.90 Å². The molecular weight excluding hydrogens is 250 g/mol. The number of rotatable bonds is 0. The number of aliphatic hydroxyl groups is 1. The van der Waals surface area contributed by atoms with Crippen molar-refractivity contribution in [2.75, 3.05) is 20.1 Å². The molecule has 0 aromatic carbocycles. The summed E-state index contributed by atoms with van der Waals surface area (Å²) < 4.78 is 0. The smallest absolute Gasteiger partial charge is 0.162 e. The highest BCUT2D eigenvalue weighted by atomic mass is 16.3. The fourth-order valence-corrected chi connectivity index (χ4v) is 6.13. The first kappa shape index (κ1) is 13.0. The number of ketones is 1. The zero-order valence-corrected chi connectivity index (χ0v) is 12.5. The lowest BCUT2D eigenvalue weighted by molar-refractivity contribution is -0.129. The maximum Gasteiger partial charge on any atom is 0.162 e.